The van der Waals surface area contributed by atoms with Crippen LogP contribution in [0.4, 0.5) is 10.1 Å². The summed E-state index contributed by atoms with van der Waals surface area (Å²) in [6, 6.07) is 4.22. The highest BCUT2D eigenvalue weighted by molar-refractivity contribution is 5.74. The van der Waals surface area contributed by atoms with Crippen LogP contribution in [0.5, 0.6) is 0 Å². The first-order chi connectivity index (χ1) is 8.00. The van der Waals surface area contributed by atoms with Gasteiger partial charge in [0.1, 0.15) is 5.82 Å². The molecule has 0 saturated carbocycles. The van der Waals surface area contributed by atoms with Crippen LogP contribution in [0.1, 0.15) is 17.9 Å². The van der Waals surface area contributed by atoms with Gasteiger partial charge in [-0.25, -0.2) is 9.18 Å². The maximum absolute atomic E-state index is 13.1. The van der Waals surface area contributed by atoms with Gasteiger partial charge in [-0.05, 0) is 24.1 Å². The summed E-state index contributed by atoms with van der Waals surface area (Å²) in [6.07, 6.45) is -0.893. The van der Waals surface area contributed by atoms with Crippen molar-refractivity contribution in [2.24, 2.45) is 0 Å². The second-order valence-electron chi connectivity index (χ2n) is 4.30. The van der Waals surface area contributed by atoms with E-state index in [1.807, 2.05) is 11.9 Å². The number of benzene rings is 1. The van der Waals surface area contributed by atoms with Crippen LogP contribution in [0.15, 0.2) is 18.2 Å². The Morgan fingerprint density at radius 2 is 2.29 bits per heavy atom. The zero-order valence-electron chi connectivity index (χ0n) is 9.43. The van der Waals surface area contributed by atoms with Gasteiger partial charge in [0, 0.05) is 25.2 Å². The molecule has 0 radical (unpaired) electrons. The normalized spacial score (nSPS) is 20.9. The highest BCUT2D eigenvalue weighted by Gasteiger charge is 2.32. The molecule has 0 fully saturated rings. The van der Waals surface area contributed by atoms with E-state index in [0.29, 0.717) is 24.2 Å². The lowest BCUT2D eigenvalue weighted by molar-refractivity contribution is -0.148. The topological polar surface area (TPSA) is 60.8 Å². The Bertz CT molecular complexity index is 449. The molecule has 2 atom stereocenters. The summed E-state index contributed by atoms with van der Waals surface area (Å²) in [5.74, 6) is -2.07. The van der Waals surface area contributed by atoms with Gasteiger partial charge in [0.25, 0.3) is 0 Å². The molecule has 2 rings (SSSR count). The van der Waals surface area contributed by atoms with Crippen molar-refractivity contribution in [3.05, 3.63) is 29.6 Å². The van der Waals surface area contributed by atoms with E-state index in [0.717, 1.165) is 0 Å². The Morgan fingerprint density at radius 1 is 1.59 bits per heavy atom. The minimum Gasteiger partial charge on any atom is -0.479 e. The van der Waals surface area contributed by atoms with Crippen LogP contribution in [-0.2, 0) is 4.79 Å². The number of rotatable bonds is 2. The smallest absolute Gasteiger partial charge is 0.333 e. The van der Waals surface area contributed by atoms with Crippen molar-refractivity contribution in [3.8, 4) is 0 Å². The average Bonchev–Trinajstić information content (AvgIpc) is 2.29. The van der Waals surface area contributed by atoms with E-state index in [2.05, 4.69) is 0 Å². The summed E-state index contributed by atoms with van der Waals surface area (Å²) < 4.78 is 13.1. The Balaban J connectivity index is 2.42. The van der Waals surface area contributed by atoms with Crippen LogP contribution in [0.2, 0.25) is 0 Å². The maximum atomic E-state index is 13.1. The summed E-state index contributed by atoms with van der Waals surface area (Å²) in [7, 11) is 1.82. The number of fused-ring (bicyclic) bond motifs is 1. The molecule has 1 aromatic rings. The van der Waals surface area contributed by atoms with Crippen LogP contribution in [-0.4, -0.2) is 35.9 Å². The van der Waals surface area contributed by atoms with Crippen LogP contribution >= 0.6 is 0 Å². The predicted octanol–water partition coefficient (Wildman–Crippen LogP) is 1.19. The second kappa shape index (κ2) is 4.33. The van der Waals surface area contributed by atoms with E-state index in [9.17, 15) is 14.3 Å². The third kappa shape index (κ3) is 2.10. The molecule has 1 aliphatic rings. The number of aliphatic hydroxyl groups excluding tert-OH is 1. The molecule has 17 heavy (non-hydrogen) atoms. The van der Waals surface area contributed by atoms with Gasteiger partial charge in [-0.15, -0.1) is 0 Å². The molecular formula is C12H14FNO3. The Labute approximate surface area is 98.3 Å². The molecule has 0 spiro atoms. The van der Waals surface area contributed by atoms with Gasteiger partial charge in [-0.3, -0.25) is 0 Å². The number of aliphatic hydroxyl groups is 1. The lowest BCUT2D eigenvalue weighted by Crippen LogP contribution is -2.35. The van der Waals surface area contributed by atoms with E-state index < -0.39 is 18.0 Å². The Hall–Kier alpha value is -1.62. The van der Waals surface area contributed by atoms with Crippen molar-refractivity contribution in [2.75, 3.05) is 18.5 Å². The predicted molar refractivity (Wildman–Crippen MR) is 60.7 cm³/mol. The number of anilines is 1. The van der Waals surface area contributed by atoms with Crippen molar-refractivity contribution in [1.82, 2.24) is 0 Å². The van der Waals surface area contributed by atoms with Crippen molar-refractivity contribution in [2.45, 2.75) is 18.4 Å². The number of carboxylic acid groups (broad SMARTS) is 1. The van der Waals surface area contributed by atoms with Gasteiger partial charge < -0.3 is 15.1 Å². The number of carboxylic acids is 1. The molecule has 0 aromatic heterocycles. The maximum Gasteiger partial charge on any atom is 0.333 e. The third-order valence-electron chi connectivity index (χ3n) is 3.21. The molecule has 1 heterocycles. The molecule has 0 aliphatic carbocycles. The largest absolute Gasteiger partial charge is 0.479 e. The van der Waals surface area contributed by atoms with Gasteiger partial charge in [0.2, 0.25) is 0 Å². The minimum absolute atomic E-state index is 0.360. The lowest BCUT2D eigenvalue weighted by Gasteiger charge is -2.34. The molecular weight excluding hydrogens is 225 g/mol. The summed E-state index contributed by atoms with van der Waals surface area (Å²) in [6.45, 7) is 0.603. The summed E-state index contributed by atoms with van der Waals surface area (Å²) >= 11 is 0. The first kappa shape index (κ1) is 11.9. The van der Waals surface area contributed by atoms with Crippen molar-refractivity contribution in [3.63, 3.8) is 0 Å². The molecule has 1 aliphatic heterocycles. The molecule has 1 aromatic carbocycles. The zero-order chi connectivity index (χ0) is 12.6. The van der Waals surface area contributed by atoms with Crippen LogP contribution in [0.25, 0.3) is 0 Å². The number of hydrogen-bond acceptors (Lipinski definition) is 3. The molecule has 5 heteroatoms. The van der Waals surface area contributed by atoms with E-state index in [4.69, 9.17) is 5.11 Å². The average molecular weight is 239 g/mol. The summed E-state index contributed by atoms with van der Waals surface area (Å²) in [5.41, 5.74) is 1.34. The highest BCUT2D eigenvalue weighted by Crippen LogP contribution is 2.36. The standard InChI is InChI=1S/C12H14FNO3/c1-14-5-4-9(11(15)12(16)17)8-3-2-7(13)6-10(8)14/h2-3,6,9,11,15H,4-5H2,1H3,(H,16,17). The molecule has 0 amide bonds. The molecule has 0 saturated heterocycles. The highest BCUT2D eigenvalue weighted by atomic mass is 19.1. The lowest BCUT2D eigenvalue weighted by atomic mass is 9.86. The van der Waals surface area contributed by atoms with Gasteiger partial charge in [-0.2, -0.15) is 0 Å². The van der Waals surface area contributed by atoms with Crippen LogP contribution in [0, 0.1) is 5.82 Å². The van der Waals surface area contributed by atoms with Gasteiger partial charge in [0.05, 0.1) is 0 Å². The molecule has 4 nitrogen and oxygen atoms in total. The quantitative estimate of drug-likeness (QED) is 0.814. The fourth-order valence-corrected chi connectivity index (χ4v) is 2.27. The van der Waals surface area contributed by atoms with E-state index in [1.165, 1.54) is 12.1 Å². The number of halogens is 1. The molecule has 92 valence electrons. The Morgan fingerprint density at radius 3 is 2.94 bits per heavy atom. The SMILES string of the molecule is CN1CCC(C(O)C(=O)O)c2ccc(F)cc21. The Kier molecular flexibility index (Phi) is 3.02. The fourth-order valence-electron chi connectivity index (χ4n) is 2.27. The third-order valence-corrected chi connectivity index (χ3v) is 3.21. The van der Waals surface area contributed by atoms with Crippen molar-refractivity contribution in [1.29, 1.82) is 0 Å². The van der Waals surface area contributed by atoms with Gasteiger partial charge >= 0.3 is 5.97 Å². The first-order valence-electron chi connectivity index (χ1n) is 5.42. The molecule has 2 N–H and O–H groups in total. The number of carbonyl (C=O) groups is 1. The van der Waals surface area contributed by atoms with E-state index in [1.54, 1.807) is 6.07 Å². The zero-order valence-corrected chi connectivity index (χ0v) is 9.43. The number of aliphatic carboxylic acids is 1. The minimum atomic E-state index is -1.44. The second-order valence-corrected chi connectivity index (χ2v) is 4.30. The van der Waals surface area contributed by atoms with Gasteiger partial charge in [0.15, 0.2) is 6.10 Å². The van der Waals surface area contributed by atoms with Crippen LogP contribution < -0.4 is 4.90 Å². The summed E-state index contributed by atoms with van der Waals surface area (Å²) in [4.78, 5) is 12.7. The molecule has 0 bridgehead atoms. The van der Waals surface area contributed by atoms with Crippen molar-refractivity contribution >= 4 is 11.7 Å². The summed E-state index contributed by atoms with van der Waals surface area (Å²) in [5, 5.41) is 18.5. The number of hydrogen-bond donors (Lipinski definition) is 2. The monoisotopic (exact) mass is 239 g/mol. The fraction of sp³-hybridized carbons (Fsp3) is 0.417. The molecule has 2 unspecified atom stereocenters. The van der Waals surface area contributed by atoms with E-state index in [-0.39, 0.29) is 5.82 Å². The first-order valence-corrected chi connectivity index (χ1v) is 5.42. The van der Waals surface area contributed by atoms with Crippen molar-refractivity contribution < 1.29 is 19.4 Å². The van der Waals surface area contributed by atoms with E-state index >= 15 is 0 Å². The van der Waals surface area contributed by atoms with Crippen LogP contribution in [0.3, 0.4) is 0 Å². The number of nitrogens with zero attached hydrogens (tertiary/aromatic N) is 1. The van der Waals surface area contributed by atoms with Gasteiger partial charge in [-0.1, -0.05) is 6.07 Å².